The highest BCUT2D eigenvalue weighted by atomic mass is 32.2. The topological polar surface area (TPSA) is 115 Å². The van der Waals surface area contributed by atoms with Gasteiger partial charge in [-0.2, -0.15) is 11.8 Å². The second-order valence-electron chi connectivity index (χ2n) is 7.79. The zero-order valence-corrected chi connectivity index (χ0v) is 20.8. The number of nitrogens with two attached hydrogens (primary N) is 1. The number of nitrogens with zero attached hydrogens (tertiary/aromatic N) is 1. The van der Waals surface area contributed by atoms with Gasteiger partial charge in [0.15, 0.2) is 0 Å². The molecule has 0 saturated heterocycles. The average Bonchev–Trinajstić information content (AvgIpc) is 2.79. The number of carbonyl (C=O) groups is 1. The van der Waals surface area contributed by atoms with Crippen molar-refractivity contribution in [3.63, 3.8) is 0 Å². The number of fused-ring (bicyclic) bond motifs is 1. The molecule has 2 aromatic rings. The first-order chi connectivity index (χ1) is 15.8. The SMILES string of the molecule is CCOC(=O)C(N)CSCC(O)COc1ccc2c(C)c(CCN(CC)CC)c(=O)oc2c1. The van der Waals surface area contributed by atoms with Crippen LogP contribution in [0.5, 0.6) is 5.75 Å². The smallest absolute Gasteiger partial charge is 0.339 e. The number of esters is 1. The molecule has 0 radical (unpaired) electrons. The van der Waals surface area contributed by atoms with Gasteiger partial charge in [0.1, 0.15) is 24.0 Å². The molecule has 1 heterocycles. The summed E-state index contributed by atoms with van der Waals surface area (Å²) in [5.74, 6) is 0.783. The molecule has 2 atom stereocenters. The zero-order valence-electron chi connectivity index (χ0n) is 20.0. The molecule has 0 spiro atoms. The minimum absolute atomic E-state index is 0.0678. The van der Waals surface area contributed by atoms with Crippen LogP contribution in [0.2, 0.25) is 0 Å². The molecule has 3 N–H and O–H groups in total. The maximum Gasteiger partial charge on any atom is 0.339 e. The summed E-state index contributed by atoms with van der Waals surface area (Å²) in [6.07, 6.45) is -0.0930. The van der Waals surface area contributed by atoms with Gasteiger partial charge in [-0.1, -0.05) is 13.8 Å². The molecule has 0 fully saturated rings. The van der Waals surface area contributed by atoms with Gasteiger partial charge >= 0.3 is 11.6 Å². The lowest BCUT2D eigenvalue weighted by Crippen LogP contribution is -2.35. The highest BCUT2D eigenvalue weighted by Crippen LogP contribution is 2.24. The van der Waals surface area contributed by atoms with Crippen molar-refractivity contribution in [3.05, 3.63) is 39.7 Å². The standard InChI is InChI=1S/C24H36N2O6S/c1-5-26(6-2)11-10-20-16(4)19-9-8-18(12-22(19)32-23(20)28)31-13-17(27)14-33-15-21(25)24(29)30-7-3/h8-9,12,17,21,27H,5-7,10-11,13-15,25H2,1-4H3. The number of aliphatic hydroxyl groups is 1. The van der Waals surface area contributed by atoms with E-state index in [0.717, 1.165) is 30.6 Å². The summed E-state index contributed by atoms with van der Waals surface area (Å²) >= 11 is 1.36. The van der Waals surface area contributed by atoms with Gasteiger partial charge in [0.25, 0.3) is 0 Å². The van der Waals surface area contributed by atoms with Crippen LogP contribution >= 0.6 is 11.8 Å². The zero-order chi connectivity index (χ0) is 24.4. The van der Waals surface area contributed by atoms with E-state index in [9.17, 15) is 14.7 Å². The van der Waals surface area contributed by atoms with Crippen molar-refractivity contribution in [2.45, 2.75) is 46.3 Å². The van der Waals surface area contributed by atoms with Crippen molar-refractivity contribution in [3.8, 4) is 5.75 Å². The van der Waals surface area contributed by atoms with Gasteiger partial charge in [-0.25, -0.2) is 4.79 Å². The predicted molar refractivity (Wildman–Crippen MR) is 132 cm³/mol. The number of thioether (sulfide) groups is 1. The Morgan fingerprint density at radius 2 is 1.97 bits per heavy atom. The Labute approximate surface area is 199 Å². The van der Waals surface area contributed by atoms with Gasteiger partial charge in [0.2, 0.25) is 0 Å². The third kappa shape index (κ3) is 8.03. The van der Waals surface area contributed by atoms with E-state index in [2.05, 4.69) is 18.7 Å². The van der Waals surface area contributed by atoms with E-state index in [1.54, 1.807) is 19.1 Å². The number of aliphatic hydroxyl groups excluding tert-OH is 1. The summed E-state index contributed by atoms with van der Waals surface area (Å²) in [5, 5.41) is 11.0. The highest BCUT2D eigenvalue weighted by molar-refractivity contribution is 7.99. The number of hydrogen-bond acceptors (Lipinski definition) is 9. The minimum Gasteiger partial charge on any atom is -0.491 e. The van der Waals surface area contributed by atoms with Crippen LogP contribution in [-0.4, -0.2) is 72.5 Å². The van der Waals surface area contributed by atoms with Gasteiger partial charge in [-0.05, 0) is 51.1 Å². The molecule has 1 aromatic carbocycles. The molecule has 184 valence electrons. The second kappa shape index (κ2) is 13.6. The predicted octanol–water partition coefficient (Wildman–Crippen LogP) is 2.35. The van der Waals surface area contributed by atoms with Gasteiger partial charge in [0.05, 0.1) is 12.7 Å². The van der Waals surface area contributed by atoms with Crippen LogP contribution in [0.3, 0.4) is 0 Å². The Bertz CT molecular complexity index is 960. The number of hydrogen-bond donors (Lipinski definition) is 2. The van der Waals surface area contributed by atoms with Gasteiger partial charge in [0, 0.05) is 35.1 Å². The molecule has 2 unspecified atom stereocenters. The van der Waals surface area contributed by atoms with Gasteiger partial charge in [-0.3, -0.25) is 4.79 Å². The fourth-order valence-corrected chi connectivity index (χ4v) is 4.35. The Morgan fingerprint density at radius 1 is 1.24 bits per heavy atom. The van der Waals surface area contributed by atoms with Crippen molar-refractivity contribution in [1.82, 2.24) is 4.90 Å². The van der Waals surface area contributed by atoms with Crippen molar-refractivity contribution in [1.29, 1.82) is 0 Å². The van der Waals surface area contributed by atoms with Crippen LogP contribution in [0.25, 0.3) is 11.0 Å². The van der Waals surface area contributed by atoms with Crippen LogP contribution in [0.1, 0.15) is 31.9 Å². The van der Waals surface area contributed by atoms with Crippen LogP contribution in [0, 0.1) is 6.92 Å². The molecule has 8 nitrogen and oxygen atoms in total. The number of ether oxygens (including phenoxy) is 2. The van der Waals surface area contributed by atoms with Crippen LogP contribution in [0.4, 0.5) is 0 Å². The van der Waals surface area contributed by atoms with Crippen LogP contribution in [-0.2, 0) is 16.0 Å². The third-order valence-electron chi connectivity index (χ3n) is 5.47. The van der Waals surface area contributed by atoms with E-state index >= 15 is 0 Å². The Balaban J connectivity index is 1.94. The van der Waals surface area contributed by atoms with E-state index in [1.807, 2.05) is 13.0 Å². The molecule has 0 aliphatic rings. The van der Waals surface area contributed by atoms with Crippen LogP contribution < -0.4 is 16.1 Å². The van der Waals surface area contributed by atoms with E-state index < -0.39 is 18.1 Å². The number of rotatable bonds is 14. The molecular weight excluding hydrogens is 444 g/mol. The molecule has 1 aromatic heterocycles. The van der Waals surface area contributed by atoms with Crippen LogP contribution in [0.15, 0.2) is 27.4 Å². The second-order valence-corrected chi connectivity index (χ2v) is 8.86. The summed E-state index contributed by atoms with van der Waals surface area (Å²) < 4.78 is 16.1. The average molecular weight is 481 g/mol. The lowest BCUT2D eigenvalue weighted by atomic mass is 10.0. The maximum absolute atomic E-state index is 12.6. The third-order valence-corrected chi connectivity index (χ3v) is 6.69. The molecule has 0 saturated carbocycles. The molecule has 0 bridgehead atoms. The highest BCUT2D eigenvalue weighted by Gasteiger charge is 2.16. The first kappa shape index (κ1) is 27.2. The van der Waals surface area contributed by atoms with Crippen molar-refractivity contribution < 1.29 is 23.8 Å². The first-order valence-corrected chi connectivity index (χ1v) is 12.6. The van der Waals surface area contributed by atoms with Crippen molar-refractivity contribution >= 4 is 28.7 Å². The largest absolute Gasteiger partial charge is 0.491 e. The first-order valence-electron chi connectivity index (χ1n) is 11.4. The minimum atomic E-state index is -0.740. The number of benzene rings is 1. The molecule has 33 heavy (non-hydrogen) atoms. The monoisotopic (exact) mass is 480 g/mol. The van der Waals surface area contributed by atoms with Gasteiger partial charge < -0.3 is 29.6 Å². The Hall–Kier alpha value is -2.07. The van der Waals surface area contributed by atoms with E-state index in [1.165, 1.54) is 11.8 Å². The number of likely N-dealkylation sites (N-methyl/N-ethyl adjacent to an activating group) is 1. The number of aryl methyl sites for hydroxylation is 1. The lowest BCUT2D eigenvalue weighted by molar-refractivity contribution is -0.144. The summed E-state index contributed by atoms with van der Waals surface area (Å²) in [4.78, 5) is 26.4. The summed E-state index contributed by atoms with van der Waals surface area (Å²) in [5.41, 5.74) is 7.52. The lowest BCUT2D eigenvalue weighted by Gasteiger charge is -2.18. The van der Waals surface area contributed by atoms with E-state index in [0.29, 0.717) is 34.8 Å². The fourth-order valence-electron chi connectivity index (χ4n) is 3.45. The normalized spacial score (nSPS) is 13.3. The molecular formula is C24H36N2O6S. The fraction of sp³-hybridized carbons (Fsp3) is 0.583. The summed E-state index contributed by atoms with van der Waals surface area (Å²) in [7, 11) is 0. The Kier molecular flexibility index (Phi) is 11.2. The van der Waals surface area contributed by atoms with Gasteiger partial charge in [-0.15, -0.1) is 0 Å². The molecule has 2 rings (SSSR count). The quantitative estimate of drug-likeness (QED) is 0.310. The summed E-state index contributed by atoms with van der Waals surface area (Å²) in [6, 6.07) is 4.64. The van der Waals surface area contributed by atoms with Crippen molar-refractivity contribution in [2.75, 3.05) is 44.4 Å². The molecule has 0 aliphatic carbocycles. The maximum atomic E-state index is 12.6. The van der Waals surface area contributed by atoms with Crippen molar-refractivity contribution in [2.24, 2.45) is 5.73 Å². The summed E-state index contributed by atoms with van der Waals surface area (Å²) in [6.45, 7) is 10.9. The molecule has 9 heteroatoms. The number of carbonyl (C=O) groups excluding carboxylic acids is 1. The molecule has 0 amide bonds. The Morgan fingerprint density at radius 3 is 2.64 bits per heavy atom. The molecule has 0 aliphatic heterocycles. The van der Waals surface area contributed by atoms with E-state index in [-0.39, 0.29) is 18.8 Å². The van der Waals surface area contributed by atoms with E-state index in [4.69, 9.17) is 19.6 Å².